The summed E-state index contributed by atoms with van der Waals surface area (Å²) in [6.07, 6.45) is 38.1. The van der Waals surface area contributed by atoms with Crippen LogP contribution in [0.1, 0.15) is 267 Å². The molecule has 0 amide bonds. The Morgan fingerprint density at radius 2 is 0.725 bits per heavy atom. The number of hydrogen-bond acceptors (Lipinski definition) is 1. The van der Waals surface area contributed by atoms with Crippen LogP contribution >= 0.6 is 0 Å². The van der Waals surface area contributed by atoms with Crippen LogP contribution in [-0.2, 0) is 17.3 Å². The predicted molar refractivity (Wildman–Crippen MR) is 327 cm³/mol. The van der Waals surface area contributed by atoms with E-state index in [2.05, 4.69) is 129 Å². The second-order valence-corrected chi connectivity index (χ2v) is 26.5. The smallest absolute Gasteiger partial charge is 0.204 e. The van der Waals surface area contributed by atoms with Crippen molar-refractivity contribution in [2.24, 2.45) is 0 Å². The van der Waals surface area contributed by atoms with Gasteiger partial charge in [0, 0.05) is 5.56 Å². The lowest BCUT2D eigenvalue weighted by molar-refractivity contribution is 0.345. The third-order valence-electron chi connectivity index (χ3n) is 18.9. The molecule has 0 N–H and O–H groups in total. The minimum absolute atomic E-state index is 0.0146. The van der Waals surface area contributed by atoms with Gasteiger partial charge in [-0.05, 0) is 196 Å². The van der Waals surface area contributed by atoms with E-state index in [9.17, 15) is 8.78 Å². The maximum atomic E-state index is 15.0. The SMILES string of the molecule is CCCCCCc1cc(C2CCCCC2)cc(C2CCCCC2)c1C.Cc1c(F)c(F)c(Oc2c(C3CCCCC3)cc(C3CCCCC3)cc2C2CCCCC2)c(F)c1F.c1ccc([S+](c2ccccc2)c2ccccc2)cc1. The molecule has 11 rings (SSSR count). The van der Waals surface area contributed by atoms with Gasteiger partial charge in [0.15, 0.2) is 26.3 Å². The van der Waals surface area contributed by atoms with Gasteiger partial charge in [0.25, 0.3) is 0 Å². The van der Waals surface area contributed by atoms with E-state index >= 15 is 8.78 Å². The van der Waals surface area contributed by atoms with Gasteiger partial charge in [-0.3, -0.25) is 0 Å². The summed E-state index contributed by atoms with van der Waals surface area (Å²) in [5, 5.41) is 0. The van der Waals surface area contributed by atoms with Crippen LogP contribution in [0.4, 0.5) is 17.6 Å². The zero-order valence-corrected chi connectivity index (χ0v) is 49.7. The van der Waals surface area contributed by atoms with Gasteiger partial charge in [-0.15, -0.1) is 0 Å². The Morgan fingerprint density at radius 1 is 0.375 bits per heavy atom. The maximum absolute atomic E-state index is 15.0. The Kier molecular flexibility index (Phi) is 22.8. The van der Waals surface area contributed by atoms with Crippen molar-refractivity contribution in [3.8, 4) is 11.5 Å². The maximum Gasteiger partial charge on any atom is 0.204 e. The Bertz CT molecular complexity index is 2660. The molecule has 80 heavy (non-hydrogen) atoms. The predicted octanol–water partition coefficient (Wildman–Crippen LogP) is 23.5. The molecule has 0 bridgehead atoms. The molecule has 0 aromatic heterocycles. The summed E-state index contributed by atoms with van der Waals surface area (Å²) in [4.78, 5) is 4.08. The summed E-state index contributed by atoms with van der Waals surface area (Å²) in [6, 6.07) is 41.9. The zero-order chi connectivity index (χ0) is 55.6. The number of benzene rings is 6. The lowest BCUT2D eigenvalue weighted by atomic mass is 9.75. The largest absolute Gasteiger partial charge is 0.450 e. The molecule has 5 aliphatic rings. The first kappa shape index (κ1) is 59.8. The van der Waals surface area contributed by atoms with Crippen molar-refractivity contribution in [2.45, 2.75) is 258 Å². The fourth-order valence-electron chi connectivity index (χ4n) is 14.2. The Hall–Kier alpha value is -4.81. The molecule has 428 valence electrons. The molecule has 1 nitrogen and oxygen atoms in total. The Morgan fingerprint density at radius 3 is 1.11 bits per heavy atom. The molecule has 6 aromatic rings. The molecule has 0 atom stereocenters. The minimum atomic E-state index is -1.45. The van der Waals surface area contributed by atoms with Crippen LogP contribution in [0.15, 0.2) is 130 Å². The average Bonchev–Trinajstić information content (AvgIpc) is 3.54. The van der Waals surface area contributed by atoms with Crippen molar-refractivity contribution >= 4 is 10.9 Å². The van der Waals surface area contributed by atoms with Crippen molar-refractivity contribution in [3.63, 3.8) is 0 Å². The first-order valence-electron chi connectivity index (χ1n) is 31.9. The van der Waals surface area contributed by atoms with Crippen LogP contribution in [0.3, 0.4) is 0 Å². The van der Waals surface area contributed by atoms with Gasteiger partial charge in [-0.2, -0.15) is 8.78 Å². The molecule has 0 radical (unpaired) electrons. The number of ether oxygens (including phenoxy) is 1. The minimum Gasteiger partial charge on any atom is -0.450 e. The van der Waals surface area contributed by atoms with Crippen LogP contribution in [0.2, 0.25) is 0 Å². The first-order valence-corrected chi connectivity index (χ1v) is 33.1. The summed E-state index contributed by atoms with van der Waals surface area (Å²) in [6.45, 7) is 5.79. The van der Waals surface area contributed by atoms with Crippen LogP contribution < -0.4 is 4.74 Å². The first-order chi connectivity index (χ1) is 39.2. The van der Waals surface area contributed by atoms with Gasteiger partial charge >= 0.3 is 0 Å². The fourth-order valence-corrected chi connectivity index (χ4v) is 16.4. The molecule has 0 heterocycles. The number of aryl methyl sites for hydroxylation is 1. The Balaban J connectivity index is 0.000000153. The van der Waals surface area contributed by atoms with E-state index in [-0.39, 0.29) is 22.7 Å². The normalized spacial score (nSPS) is 18.1. The standard InChI is InChI=1S/C31H38F4O.C25H40.C18H15S/c1-19-26(32)28(34)31(29(35)27(19)33)36-30-24(21-13-7-3-8-14-21)17-23(20-11-5-2-6-12-20)18-25(30)22-15-9-4-10-16-22;1-3-4-5-8-17-23-18-24(21-13-9-6-10-14-21)19-25(20(23)2)22-15-11-7-12-16-22;1-4-10-16(11-5-1)19(17-12-6-2-7-13-17)18-14-8-3-9-15-18/h17-18,20-22H,2-16H2,1H3;18-19,21-22H,3-17H2,1-2H3;1-15H/q;;+1. The van der Waals surface area contributed by atoms with E-state index in [1.54, 1.807) is 22.3 Å². The summed E-state index contributed by atoms with van der Waals surface area (Å²) >= 11 is 0. The summed E-state index contributed by atoms with van der Waals surface area (Å²) < 4.78 is 65.0. The third-order valence-corrected chi connectivity index (χ3v) is 21.1. The third kappa shape index (κ3) is 15.4. The van der Waals surface area contributed by atoms with Gasteiger partial charge in [0.1, 0.15) is 5.75 Å². The Labute approximate surface area is 482 Å². The monoisotopic (exact) mass is 1110 g/mol. The van der Waals surface area contributed by atoms with E-state index in [0.717, 1.165) is 94.1 Å². The van der Waals surface area contributed by atoms with E-state index in [1.807, 2.05) is 0 Å². The highest BCUT2D eigenvalue weighted by atomic mass is 32.2. The molecule has 0 spiro atoms. The molecule has 5 saturated carbocycles. The van der Waals surface area contributed by atoms with Crippen molar-refractivity contribution in [3.05, 3.63) is 183 Å². The number of unbranched alkanes of at least 4 members (excludes halogenated alkanes) is 3. The van der Waals surface area contributed by atoms with Gasteiger partial charge in [0.2, 0.25) is 17.4 Å². The zero-order valence-electron chi connectivity index (χ0n) is 48.9. The molecule has 0 saturated heterocycles. The average molecular weight is 1110 g/mol. The lowest BCUT2D eigenvalue weighted by Crippen LogP contribution is -2.15. The van der Waals surface area contributed by atoms with E-state index in [0.29, 0.717) is 11.7 Å². The molecule has 0 unspecified atom stereocenters. The summed E-state index contributed by atoms with van der Waals surface area (Å²) in [7, 11) is -0.0146. The van der Waals surface area contributed by atoms with Crippen LogP contribution in [0.5, 0.6) is 11.5 Å². The number of hydrogen-bond donors (Lipinski definition) is 0. The summed E-state index contributed by atoms with van der Waals surface area (Å²) in [5.74, 6) is -3.53. The lowest BCUT2D eigenvalue weighted by Gasteiger charge is -2.32. The molecule has 5 aliphatic carbocycles. The van der Waals surface area contributed by atoms with Crippen LogP contribution in [0.25, 0.3) is 0 Å². The molecule has 6 heteroatoms. The van der Waals surface area contributed by atoms with E-state index < -0.39 is 34.6 Å². The molecular formula is C74H93F4OS+. The van der Waals surface area contributed by atoms with Crippen LogP contribution in [0, 0.1) is 37.1 Å². The van der Waals surface area contributed by atoms with E-state index in [4.69, 9.17) is 4.74 Å². The van der Waals surface area contributed by atoms with Crippen LogP contribution in [-0.4, -0.2) is 0 Å². The van der Waals surface area contributed by atoms with Gasteiger partial charge < -0.3 is 4.74 Å². The molecule has 6 aromatic carbocycles. The highest BCUT2D eigenvalue weighted by Crippen LogP contribution is 2.50. The van der Waals surface area contributed by atoms with E-state index in [1.165, 1.54) is 149 Å². The molecule has 5 fully saturated rings. The molecular weight excluding hydrogens is 1010 g/mol. The van der Waals surface area contributed by atoms with Crippen molar-refractivity contribution in [1.29, 1.82) is 0 Å². The number of halogens is 4. The second kappa shape index (κ2) is 30.5. The fraction of sp³-hybridized carbons (Fsp3) is 0.514. The highest BCUT2D eigenvalue weighted by molar-refractivity contribution is 7.97. The number of rotatable bonds is 15. The quantitative estimate of drug-likeness (QED) is 0.0431. The molecule has 0 aliphatic heterocycles. The topological polar surface area (TPSA) is 9.23 Å². The van der Waals surface area contributed by atoms with Gasteiger partial charge in [-0.25, -0.2) is 8.78 Å². The summed E-state index contributed by atoms with van der Waals surface area (Å²) in [5.41, 5.74) is 9.42. The van der Waals surface area contributed by atoms with Crippen molar-refractivity contribution < 1.29 is 22.3 Å². The van der Waals surface area contributed by atoms with Crippen molar-refractivity contribution in [1.82, 2.24) is 0 Å². The van der Waals surface area contributed by atoms with Gasteiger partial charge in [0.05, 0.1) is 10.9 Å². The second-order valence-electron chi connectivity index (χ2n) is 24.5. The van der Waals surface area contributed by atoms with Gasteiger partial charge in [-0.1, -0.05) is 201 Å². The highest BCUT2D eigenvalue weighted by Gasteiger charge is 2.33. The van der Waals surface area contributed by atoms with Crippen molar-refractivity contribution in [2.75, 3.05) is 0 Å².